The molecular formula is C21H20N6. The van der Waals surface area contributed by atoms with E-state index in [0.717, 1.165) is 34.9 Å². The molecule has 0 bridgehead atoms. The van der Waals surface area contributed by atoms with Gasteiger partial charge in [-0.1, -0.05) is 18.2 Å². The van der Waals surface area contributed by atoms with Crippen molar-refractivity contribution in [3.63, 3.8) is 0 Å². The maximum Gasteiger partial charge on any atom is 0.223 e. The van der Waals surface area contributed by atoms with E-state index in [9.17, 15) is 0 Å². The zero-order valence-corrected chi connectivity index (χ0v) is 14.9. The van der Waals surface area contributed by atoms with Gasteiger partial charge in [0.1, 0.15) is 11.3 Å². The third-order valence-corrected chi connectivity index (χ3v) is 5.72. The molecule has 0 unspecified atom stereocenters. The molecular weight excluding hydrogens is 336 g/mol. The molecule has 0 aliphatic heterocycles. The van der Waals surface area contributed by atoms with Gasteiger partial charge in [0.05, 0.1) is 5.52 Å². The second-order valence-corrected chi connectivity index (χ2v) is 7.68. The molecule has 6 heteroatoms. The molecule has 6 nitrogen and oxygen atoms in total. The minimum atomic E-state index is 0.393. The summed E-state index contributed by atoms with van der Waals surface area (Å²) in [5.41, 5.74) is 3.03. The monoisotopic (exact) mass is 356 g/mol. The Bertz CT molecular complexity index is 1140. The van der Waals surface area contributed by atoms with Gasteiger partial charge in [-0.2, -0.15) is 0 Å². The number of nitrogens with one attached hydrogen (secondary N) is 1. The first-order valence-corrected chi connectivity index (χ1v) is 9.66. The number of fused-ring (bicyclic) bond motifs is 2. The molecule has 0 radical (unpaired) electrons. The van der Waals surface area contributed by atoms with Gasteiger partial charge in [-0.3, -0.25) is 0 Å². The highest BCUT2D eigenvalue weighted by atomic mass is 15.2. The van der Waals surface area contributed by atoms with Crippen molar-refractivity contribution in [2.45, 2.75) is 43.7 Å². The average molecular weight is 356 g/mol. The van der Waals surface area contributed by atoms with Crippen LogP contribution >= 0.6 is 0 Å². The Kier molecular flexibility index (Phi) is 3.21. The SMILES string of the molecule is c1ccc2nc(NC3CC(n4c(C5CC5)nc5cccnc54)C3)ncc2c1. The van der Waals surface area contributed by atoms with E-state index in [4.69, 9.17) is 4.98 Å². The van der Waals surface area contributed by atoms with Crippen LogP contribution in [0.1, 0.15) is 43.5 Å². The Morgan fingerprint density at radius 2 is 1.78 bits per heavy atom. The number of aromatic nitrogens is 5. The standard InChI is InChI=1S/C21H20N6/c1-2-5-17-14(4-1)12-23-21(26-17)24-15-10-16(11-15)27-19(13-7-8-13)25-18-6-3-9-22-20(18)27/h1-6,9,12-13,15-16H,7-8,10-11H2,(H,23,24,26). The third-order valence-electron chi connectivity index (χ3n) is 5.72. The zero-order chi connectivity index (χ0) is 17.8. The Morgan fingerprint density at radius 3 is 2.67 bits per heavy atom. The molecule has 0 amide bonds. The molecule has 27 heavy (non-hydrogen) atoms. The molecule has 0 saturated heterocycles. The number of benzene rings is 1. The number of imidazole rings is 1. The predicted molar refractivity (Wildman–Crippen MR) is 105 cm³/mol. The first-order chi connectivity index (χ1) is 13.3. The zero-order valence-electron chi connectivity index (χ0n) is 14.9. The first kappa shape index (κ1) is 15.1. The van der Waals surface area contributed by atoms with Crippen molar-refractivity contribution < 1.29 is 0 Å². The fraction of sp³-hybridized carbons (Fsp3) is 0.333. The lowest BCUT2D eigenvalue weighted by molar-refractivity contribution is 0.281. The van der Waals surface area contributed by atoms with E-state index >= 15 is 0 Å². The fourth-order valence-electron chi connectivity index (χ4n) is 4.08. The predicted octanol–water partition coefficient (Wildman–Crippen LogP) is 4.07. The molecule has 6 rings (SSSR count). The number of nitrogens with zero attached hydrogens (tertiary/aromatic N) is 5. The summed E-state index contributed by atoms with van der Waals surface area (Å²) in [7, 11) is 0. The van der Waals surface area contributed by atoms with Gasteiger partial charge in [-0.25, -0.2) is 19.9 Å². The van der Waals surface area contributed by atoms with E-state index in [1.165, 1.54) is 18.7 Å². The van der Waals surface area contributed by atoms with Crippen molar-refractivity contribution in [2.75, 3.05) is 5.32 Å². The molecule has 4 aromatic rings. The minimum Gasteiger partial charge on any atom is -0.351 e. The second-order valence-electron chi connectivity index (χ2n) is 7.68. The maximum atomic E-state index is 4.88. The van der Waals surface area contributed by atoms with Crippen molar-refractivity contribution in [3.8, 4) is 0 Å². The van der Waals surface area contributed by atoms with Crippen LogP contribution in [0.25, 0.3) is 22.1 Å². The number of rotatable bonds is 4. The summed E-state index contributed by atoms with van der Waals surface area (Å²) in [6.07, 6.45) is 8.37. The van der Waals surface area contributed by atoms with Gasteiger partial charge in [0.25, 0.3) is 0 Å². The molecule has 3 heterocycles. The van der Waals surface area contributed by atoms with E-state index in [1.54, 1.807) is 0 Å². The minimum absolute atomic E-state index is 0.393. The van der Waals surface area contributed by atoms with Gasteiger partial charge >= 0.3 is 0 Å². The summed E-state index contributed by atoms with van der Waals surface area (Å²) < 4.78 is 2.40. The van der Waals surface area contributed by atoms with Crippen LogP contribution in [0, 0.1) is 0 Å². The number of hydrogen-bond acceptors (Lipinski definition) is 5. The van der Waals surface area contributed by atoms with Crippen molar-refractivity contribution in [2.24, 2.45) is 0 Å². The van der Waals surface area contributed by atoms with Crippen LogP contribution < -0.4 is 5.32 Å². The molecule has 2 fully saturated rings. The summed E-state index contributed by atoms with van der Waals surface area (Å²) in [6, 6.07) is 13.0. The van der Waals surface area contributed by atoms with Crippen LogP contribution in [0.4, 0.5) is 5.95 Å². The van der Waals surface area contributed by atoms with Gasteiger partial charge in [0.2, 0.25) is 5.95 Å². The second kappa shape index (κ2) is 5.74. The van der Waals surface area contributed by atoms with Crippen LogP contribution in [-0.4, -0.2) is 30.5 Å². The van der Waals surface area contributed by atoms with E-state index in [-0.39, 0.29) is 0 Å². The largest absolute Gasteiger partial charge is 0.351 e. The highest BCUT2D eigenvalue weighted by Gasteiger charge is 2.37. The molecule has 134 valence electrons. The first-order valence-electron chi connectivity index (χ1n) is 9.66. The van der Waals surface area contributed by atoms with Crippen LogP contribution in [0.2, 0.25) is 0 Å². The van der Waals surface area contributed by atoms with Gasteiger partial charge in [-0.15, -0.1) is 0 Å². The molecule has 0 atom stereocenters. The Morgan fingerprint density at radius 1 is 0.926 bits per heavy atom. The smallest absolute Gasteiger partial charge is 0.223 e. The molecule has 2 saturated carbocycles. The summed E-state index contributed by atoms with van der Waals surface area (Å²) in [6.45, 7) is 0. The Labute approximate surface area is 156 Å². The number of para-hydroxylation sites is 1. The average Bonchev–Trinajstić information content (AvgIpc) is 3.45. The van der Waals surface area contributed by atoms with Crippen LogP contribution in [-0.2, 0) is 0 Å². The highest BCUT2D eigenvalue weighted by molar-refractivity contribution is 5.78. The number of hydrogen-bond donors (Lipinski definition) is 1. The number of anilines is 1. The number of pyridine rings is 1. The normalized spacial score (nSPS) is 22.1. The molecule has 1 N–H and O–H groups in total. The lowest BCUT2D eigenvalue weighted by atomic mass is 9.86. The van der Waals surface area contributed by atoms with E-state index in [1.807, 2.05) is 42.7 Å². The van der Waals surface area contributed by atoms with Crippen LogP contribution in [0.15, 0.2) is 48.8 Å². The molecule has 1 aromatic carbocycles. The Balaban J connectivity index is 1.23. The van der Waals surface area contributed by atoms with Crippen LogP contribution in [0.5, 0.6) is 0 Å². The quantitative estimate of drug-likeness (QED) is 0.597. The van der Waals surface area contributed by atoms with Gasteiger partial charge in [0.15, 0.2) is 5.65 Å². The summed E-state index contributed by atoms with van der Waals surface area (Å²) in [5.74, 6) is 2.57. The molecule has 3 aromatic heterocycles. The van der Waals surface area contributed by atoms with Crippen molar-refractivity contribution in [3.05, 3.63) is 54.6 Å². The topological polar surface area (TPSA) is 68.5 Å². The van der Waals surface area contributed by atoms with Gasteiger partial charge < -0.3 is 9.88 Å². The highest BCUT2D eigenvalue weighted by Crippen LogP contribution is 2.45. The molecule has 0 spiro atoms. The molecule has 2 aliphatic carbocycles. The maximum absolute atomic E-state index is 4.88. The third kappa shape index (κ3) is 2.55. The Hall–Kier alpha value is -3.02. The summed E-state index contributed by atoms with van der Waals surface area (Å²) >= 11 is 0. The lowest BCUT2D eigenvalue weighted by Crippen LogP contribution is -2.38. The van der Waals surface area contributed by atoms with Crippen molar-refractivity contribution >= 4 is 28.0 Å². The van der Waals surface area contributed by atoms with Gasteiger partial charge in [-0.05, 0) is 43.9 Å². The molecule has 2 aliphatic rings. The van der Waals surface area contributed by atoms with Crippen molar-refractivity contribution in [1.29, 1.82) is 0 Å². The fourth-order valence-corrected chi connectivity index (χ4v) is 4.08. The van der Waals surface area contributed by atoms with Gasteiger partial charge in [0, 0.05) is 35.8 Å². The van der Waals surface area contributed by atoms with E-state index < -0.39 is 0 Å². The lowest BCUT2D eigenvalue weighted by Gasteiger charge is -2.37. The van der Waals surface area contributed by atoms with Crippen LogP contribution in [0.3, 0.4) is 0 Å². The van der Waals surface area contributed by atoms with Crippen molar-refractivity contribution in [1.82, 2.24) is 24.5 Å². The van der Waals surface area contributed by atoms with E-state index in [2.05, 4.69) is 30.9 Å². The van der Waals surface area contributed by atoms with E-state index in [0.29, 0.717) is 23.9 Å². The summed E-state index contributed by atoms with van der Waals surface area (Å²) in [4.78, 5) is 18.6. The summed E-state index contributed by atoms with van der Waals surface area (Å²) in [5, 5.41) is 4.57.